The Labute approximate surface area is 88.9 Å². The standard InChI is InChI=1S/C10H14ClN3/c1-14(8-2-3-8)10-5-7(6-12)4-9(11)13-10/h4-5,8H,2-3,6,12H2,1H3. The summed E-state index contributed by atoms with van der Waals surface area (Å²) in [6.07, 6.45) is 2.51. The van der Waals surface area contributed by atoms with Crippen LogP contribution in [-0.2, 0) is 6.54 Å². The molecule has 1 aliphatic rings. The zero-order chi connectivity index (χ0) is 10.1. The third kappa shape index (κ3) is 1.99. The predicted octanol–water partition coefficient (Wildman–Crippen LogP) is 1.79. The van der Waals surface area contributed by atoms with E-state index in [2.05, 4.69) is 16.9 Å². The second kappa shape index (κ2) is 3.75. The van der Waals surface area contributed by atoms with E-state index in [-0.39, 0.29) is 0 Å². The summed E-state index contributed by atoms with van der Waals surface area (Å²) in [5, 5.41) is 0.524. The molecule has 0 unspecified atom stereocenters. The van der Waals surface area contributed by atoms with E-state index in [9.17, 15) is 0 Å². The van der Waals surface area contributed by atoms with E-state index < -0.39 is 0 Å². The molecule has 76 valence electrons. The topological polar surface area (TPSA) is 42.1 Å². The van der Waals surface area contributed by atoms with Crippen LogP contribution >= 0.6 is 11.6 Å². The molecule has 1 aromatic heterocycles. The largest absolute Gasteiger partial charge is 0.357 e. The summed E-state index contributed by atoms with van der Waals surface area (Å²) in [7, 11) is 2.05. The molecular weight excluding hydrogens is 198 g/mol. The van der Waals surface area contributed by atoms with Gasteiger partial charge in [-0.1, -0.05) is 11.6 Å². The summed E-state index contributed by atoms with van der Waals surface area (Å²) in [4.78, 5) is 6.45. The van der Waals surface area contributed by atoms with E-state index in [1.165, 1.54) is 12.8 Å². The van der Waals surface area contributed by atoms with Gasteiger partial charge in [-0.05, 0) is 30.5 Å². The van der Waals surface area contributed by atoms with Crippen molar-refractivity contribution in [2.24, 2.45) is 5.73 Å². The van der Waals surface area contributed by atoms with Crippen molar-refractivity contribution in [3.8, 4) is 0 Å². The van der Waals surface area contributed by atoms with Crippen LogP contribution in [0.4, 0.5) is 5.82 Å². The van der Waals surface area contributed by atoms with Gasteiger partial charge in [0.15, 0.2) is 0 Å². The van der Waals surface area contributed by atoms with E-state index in [1.807, 2.05) is 12.1 Å². The maximum absolute atomic E-state index is 5.90. The fraction of sp³-hybridized carbons (Fsp3) is 0.500. The Morgan fingerprint density at radius 1 is 1.57 bits per heavy atom. The van der Waals surface area contributed by atoms with E-state index in [4.69, 9.17) is 17.3 Å². The third-order valence-electron chi connectivity index (χ3n) is 2.53. The normalized spacial score (nSPS) is 15.6. The highest BCUT2D eigenvalue weighted by atomic mass is 35.5. The Kier molecular flexibility index (Phi) is 2.61. The molecule has 1 fully saturated rings. The van der Waals surface area contributed by atoms with Gasteiger partial charge in [-0.25, -0.2) is 4.98 Å². The number of anilines is 1. The first-order valence-corrected chi connectivity index (χ1v) is 5.18. The van der Waals surface area contributed by atoms with Gasteiger partial charge in [-0.2, -0.15) is 0 Å². The van der Waals surface area contributed by atoms with Gasteiger partial charge in [0.25, 0.3) is 0 Å². The first-order valence-electron chi connectivity index (χ1n) is 4.80. The van der Waals surface area contributed by atoms with Crippen molar-refractivity contribution in [3.63, 3.8) is 0 Å². The molecule has 2 rings (SSSR count). The van der Waals surface area contributed by atoms with E-state index >= 15 is 0 Å². The van der Waals surface area contributed by atoms with Crippen molar-refractivity contribution in [3.05, 3.63) is 22.8 Å². The zero-order valence-corrected chi connectivity index (χ0v) is 8.96. The second-order valence-corrected chi connectivity index (χ2v) is 4.09. The Balaban J connectivity index is 2.27. The van der Waals surface area contributed by atoms with Gasteiger partial charge in [0.2, 0.25) is 0 Å². The lowest BCUT2D eigenvalue weighted by atomic mass is 10.2. The highest BCUT2D eigenvalue weighted by Gasteiger charge is 2.27. The Hall–Kier alpha value is -0.800. The highest BCUT2D eigenvalue weighted by molar-refractivity contribution is 6.29. The van der Waals surface area contributed by atoms with Crippen molar-refractivity contribution in [2.45, 2.75) is 25.4 Å². The molecule has 4 heteroatoms. The SMILES string of the molecule is CN(c1cc(CN)cc(Cl)n1)C1CC1. The fourth-order valence-electron chi connectivity index (χ4n) is 1.48. The van der Waals surface area contributed by atoms with E-state index in [0.29, 0.717) is 17.7 Å². The van der Waals surface area contributed by atoms with Crippen LogP contribution in [0.1, 0.15) is 18.4 Å². The lowest BCUT2D eigenvalue weighted by molar-refractivity contribution is 0.887. The number of nitrogens with zero attached hydrogens (tertiary/aromatic N) is 2. The molecule has 0 aromatic carbocycles. The lowest BCUT2D eigenvalue weighted by Crippen LogP contribution is -2.21. The Bertz CT molecular complexity index is 336. The highest BCUT2D eigenvalue weighted by Crippen LogP contribution is 2.30. The molecule has 0 aliphatic heterocycles. The quantitative estimate of drug-likeness (QED) is 0.776. The molecule has 0 bridgehead atoms. The number of hydrogen-bond donors (Lipinski definition) is 1. The fourth-order valence-corrected chi connectivity index (χ4v) is 1.71. The summed E-state index contributed by atoms with van der Waals surface area (Å²) in [5.41, 5.74) is 6.61. The molecule has 0 saturated heterocycles. The summed E-state index contributed by atoms with van der Waals surface area (Å²) < 4.78 is 0. The number of nitrogens with two attached hydrogens (primary N) is 1. The minimum atomic E-state index is 0.508. The van der Waals surface area contributed by atoms with Crippen molar-refractivity contribution in [1.29, 1.82) is 0 Å². The van der Waals surface area contributed by atoms with Crippen LogP contribution < -0.4 is 10.6 Å². The molecule has 1 aromatic rings. The molecule has 1 saturated carbocycles. The maximum atomic E-state index is 5.90. The molecule has 1 aliphatic carbocycles. The summed E-state index contributed by atoms with van der Waals surface area (Å²) in [5.74, 6) is 0.931. The van der Waals surface area contributed by atoms with Crippen LogP contribution in [0.5, 0.6) is 0 Å². The van der Waals surface area contributed by atoms with Crippen molar-refractivity contribution in [2.75, 3.05) is 11.9 Å². The first-order chi connectivity index (χ1) is 6.70. The summed E-state index contributed by atoms with van der Waals surface area (Å²) >= 11 is 5.90. The molecule has 14 heavy (non-hydrogen) atoms. The van der Waals surface area contributed by atoms with Gasteiger partial charge in [-0.15, -0.1) is 0 Å². The average Bonchev–Trinajstić information content (AvgIpc) is 2.99. The Morgan fingerprint density at radius 3 is 2.86 bits per heavy atom. The molecule has 0 radical (unpaired) electrons. The third-order valence-corrected chi connectivity index (χ3v) is 2.73. The zero-order valence-electron chi connectivity index (χ0n) is 8.20. The molecule has 0 spiro atoms. The van der Waals surface area contributed by atoms with Gasteiger partial charge in [0, 0.05) is 19.6 Å². The molecule has 0 atom stereocenters. The van der Waals surface area contributed by atoms with Gasteiger partial charge in [0.05, 0.1) is 0 Å². The van der Waals surface area contributed by atoms with Crippen molar-refractivity contribution >= 4 is 17.4 Å². The molecule has 0 amide bonds. The van der Waals surface area contributed by atoms with Crippen LogP contribution in [0.3, 0.4) is 0 Å². The number of halogens is 1. The van der Waals surface area contributed by atoms with Crippen molar-refractivity contribution in [1.82, 2.24) is 4.98 Å². The number of hydrogen-bond acceptors (Lipinski definition) is 3. The lowest BCUT2D eigenvalue weighted by Gasteiger charge is -2.18. The van der Waals surface area contributed by atoms with E-state index in [1.54, 1.807) is 0 Å². The first kappa shape index (κ1) is 9.74. The van der Waals surface area contributed by atoms with Crippen LogP contribution in [0.25, 0.3) is 0 Å². The van der Waals surface area contributed by atoms with Gasteiger partial charge < -0.3 is 10.6 Å². The number of rotatable bonds is 3. The summed E-state index contributed by atoms with van der Waals surface area (Å²) in [6, 6.07) is 4.46. The van der Waals surface area contributed by atoms with Crippen LogP contribution in [0.15, 0.2) is 12.1 Å². The summed E-state index contributed by atoms with van der Waals surface area (Å²) in [6.45, 7) is 0.508. The maximum Gasteiger partial charge on any atom is 0.131 e. The van der Waals surface area contributed by atoms with Crippen LogP contribution in [0.2, 0.25) is 5.15 Å². The minimum Gasteiger partial charge on any atom is -0.357 e. The molecule has 3 nitrogen and oxygen atoms in total. The number of aromatic nitrogens is 1. The van der Waals surface area contributed by atoms with Crippen LogP contribution in [0, 0.1) is 0 Å². The Morgan fingerprint density at radius 2 is 2.29 bits per heavy atom. The monoisotopic (exact) mass is 211 g/mol. The van der Waals surface area contributed by atoms with E-state index in [0.717, 1.165) is 11.4 Å². The minimum absolute atomic E-state index is 0.508. The number of pyridine rings is 1. The van der Waals surface area contributed by atoms with Gasteiger partial charge in [0.1, 0.15) is 11.0 Å². The van der Waals surface area contributed by atoms with Crippen LogP contribution in [-0.4, -0.2) is 18.1 Å². The smallest absolute Gasteiger partial charge is 0.131 e. The second-order valence-electron chi connectivity index (χ2n) is 3.70. The van der Waals surface area contributed by atoms with Gasteiger partial charge in [-0.3, -0.25) is 0 Å². The van der Waals surface area contributed by atoms with Crippen molar-refractivity contribution < 1.29 is 0 Å². The predicted molar refractivity (Wildman–Crippen MR) is 58.6 cm³/mol. The molecule has 2 N–H and O–H groups in total. The molecular formula is C10H14ClN3. The molecule has 1 heterocycles. The van der Waals surface area contributed by atoms with Gasteiger partial charge >= 0.3 is 0 Å². The average molecular weight is 212 g/mol.